The van der Waals surface area contributed by atoms with Gasteiger partial charge in [0.25, 0.3) is 0 Å². The molecule has 0 aliphatic heterocycles. The van der Waals surface area contributed by atoms with Crippen molar-refractivity contribution in [3.05, 3.63) is 28.2 Å². The maximum Gasteiger partial charge on any atom is 0.133 e. The van der Waals surface area contributed by atoms with Crippen LogP contribution in [0.4, 0.5) is 0 Å². The van der Waals surface area contributed by atoms with E-state index in [9.17, 15) is 0 Å². The van der Waals surface area contributed by atoms with Crippen LogP contribution in [-0.4, -0.2) is 12.6 Å². The van der Waals surface area contributed by atoms with Crippen LogP contribution in [0.5, 0.6) is 5.75 Å². The zero-order chi connectivity index (χ0) is 14.8. The van der Waals surface area contributed by atoms with Gasteiger partial charge in [0.1, 0.15) is 5.75 Å². The van der Waals surface area contributed by atoms with Gasteiger partial charge in [0.15, 0.2) is 0 Å². The molecule has 0 heterocycles. The molecular formula is C17H28BrNO. The smallest absolute Gasteiger partial charge is 0.133 e. The molecule has 0 aromatic heterocycles. The maximum atomic E-state index is 5.83. The topological polar surface area (TPSA) is 21.3 Å². The van der Waals surface area contributed by atoms with E-state index < -0.39 is 0 Å². The van der Waals surface area contributed by atoms with Crippen molar-refractivity contribution < 1.29 is 4.74 Å². The van der Waals surface area contributed by atoms with Crippen LogP contribution in [0, 0.1) is 0 Å². The Morgan fingerprint density at radius 1 is 1.15 bits per heavy atom. The minimum atomic E-state index is 0.507. The van der Waals surface area contributed by atoms with Crippen molar-refractivity contribution in [2.75, 3.05) is 6.61 Å². The molecule has 3 heteroatoms. The number of rotatable bonds is 10. The first-order valence-corrected chi connectivity index (χ1v) is 8.57. The average Bonchev–Trinajstić information content (AvgIpc) is 2.42. The van der Waals surface area contributed by atoms with E-state index >= 15 is 0 Å². The molecule has 0 spiro atoms. The lowest BCUT2D eigenvalue weighted by Gasteiger charge is -2.11. The van der Waals surface area contributed by atoms with Crippen molar-refractivity contribution in [3.63, 3.8) is 0 Å². The molecule has 0 saturated heterocycles. The number of unbranched alkanes of at least 4 members (excludes halogenated alkanes) is 4. The molecule has 2 nitrogen and oxygen atoms in total. The third kappa shape index (κ3) is 7.30. The molecule has 0 amide bonds. The Balaban J connectivity index is 2.32. The summed E-state index contributed by atoms with van der Waals surface area (Å²) in [7, 11) is 0. The fraction of sp³-hybridized carbons (Fsp3) is 0.647. The highest BCUT2D eigenvalue weighted by molar-refractivity contribution is 9.10. The summed E-state index contributed by atoms with van der Waals surface area (Å²) >= 11 is 3.60. The molecule has 0 unspecified atom stereocenters. The van der Waals surface area contributed by atoms with Gasteiger partial charge in [-0.15, -0.1) is 0 Å². The van der Waals surface area contributed by atoms with E-state index in [-0.39, 0.29) is 0 Å². The van der Waals surface area contributed by atoms with Crippen LogP contribution in [0.25, 0.3) is 0 Å². The van der Waals surface area contributed by atoms with Crippen molar-refractivity contribution >= 4 is 15.9 Å². The van der Waals surface area contributed by atoms with E-state index in [4.69, 9.17) is 4.74 Å². The van der Waals surface area contributed by atoms with Crippen LogP contribution >= 0.6 is 15.9 Å². The molecule has 0 radical (unpaired) electrons. The third-order valence-electron chi connectivity index (χ3n) is 3.22. The number of halogens is 1. The van der Waals surface area contributed by atoms with Crippen molar-refractivity contribution in [3.8, 4) is 5.75 Å². The van der Waals surface area contributed by atoms with E-state index in [1.54, 1.807) is 0 Å². The number of ether oxygens (including phenoxy) is 1. The minimum absolute atomic E-state index is 0.507. The van der Waals surface area contributed by atoms with Gasteiger partial charge >= 0.3 is 0 Å². The zero-order valence-corrected chi connectivity index (χ0v) is 14.6. The van der Waals surface area contributed by atoms with Gasteiger partial charge in [0.05, 0.1) is 11.1 Å². The lowest BCUT2D eigenvalue weighted by atomic mass is 10.2. The highest BCUT2D eigenvalue weighted by atomic mass is 79.9. The fourth-order valence-electron chi connectivity index (χ4n) is 1.98. The Labute approximate surface area is 132 Å². The molecule has 1 N–H and O–H groups in total. The summed E-state index contributed by atoms with van der Waals surface area (Å²) in [5, 5.41) is 3.42. The van der Waals surface area contributed by atoms with E-state index in [0.717, 1.165) is 29.8 Å². The van der Waals surface area contributed by atoms with Crippen molar-refractivity contribution in [1.29, 1.82) is 0 Å². The second-order valence-corrected chi connectivity index (χ2v) is 6.42. The van der Waals surface area contributed by atoms with Crippen LogP contribution in [0.3, 0.4) is 0 Å². The average molecular weight is 342 g/mol. The van der Waals surface area contributed by atoms with Crippen molar-refractivity contribution in [1.82, 2.24) is 5.32 Å². The molecule has 1 rings (SSSR count). The second kappa shape index (κ2) is 10.2. The normalized spacial score (nSPS) is 11.1. The highest BCUT2D eigenvalue weighted by Crippen LogP contribution is 2.26. The summed E-state index contributed by atoms with van der Waals surface area (Å²) in [5.74, 6) is 0.953. The Morgan fingerprint density at radius 3 is 2.55 bits per heavy atom. The molecular weight excluding hydrogens is 314 g/mol. The first-order chi connectivity index (χ1) is 9.63. The predicted octanol–water partition coefficient (Wildman–Crippen LogP) is 5.30. The minimum Gasteiger partial charge on any atom is -0.492 e. The molecule has 0 aliphatic rings. The summed E-state index contributed by atoms with van der Waals surface area (Å²) in [6, 6.07) is 6.84. The zero-order valence-electron chi connectivity index (χ0n) is 13.0. The lowest BCUT2D eigenvalue weighted by molar-refractivity contribution is 0.302. The lowest BCUT2D eigenvalue weighted by Crippen LogP contribution is -2.21. The van der Waals surface area contributed by atoms with E-state index in [0.29, 0.717) is 6.04 Å². The summed E-state index contributed by atoms with van der Waals surface area (Å²) in [6.07, 6.45) is 6.35. The quantitative estimate of drug-likeness (QED) is 0.583. The van der Waals surface area contributed by atoms with Crippen molar-refractivity contribution in [2.45, 2.75) is 65.5 Å². The van der Waals surface area contributed by atoms with Crippen LogP contribution in [0.2, 0.25) is 0 Å². The van der Waals surface area contributed by atoms with Gasteiger partial charge < -0.3 is 10.1 Å². The Morgan fingerprint density at radius 2 is 1.90 bits per heavy atom. The molecule has 20 heavy (non-hydrogen) atoms. The molecule has 0 atom stereocenters. The largest absolute Gasteiger partial charge is 0.492 e. The van der Waals surface area contributed by atoms with E-state index in [1.807, 2.05) is 0 Å². The standard InChI is InChI=1S/C17H28BrNO/c1-4-5-6-7-8-11-20-17-10-9-15(12-16(17)18)13-19-14(2)3/h9-10,12,14,19H,4-8,11,13H2,1-3H3. The molecule has 0 fully saturated rings. The molecule has 0 aliphatic carbocycles. The first kappa shape index (κ1) is 17.5. The number of nitrogens with one attached hydrogen (secondary N) is 1. The number of hydrogen-bond acceptors (Lipinski definition) is 2. The Hall–Kier alpha value is -0.540. The summed E-state index contributed by atoms with van der Waals surface area (Å²) in [4.78, 5) is 0. The third-order valence-corrected chi connectivity index (χ3v) is 3.84. The number of hydrogen-bond donors (Lipinski definition) is 1. The molecule has 0 bridgehead atoms. The van der Waals surface area contributed by atoms with Gasteiger partial charge in [-0.1, -0.05) is 52.5 Å². The van der Waals surface area contributed by atoms with Gasteiger partial charge in [-0.3, -0.25) is 0 Å². The fourth-order valence-corrected chi connectivity index (χ4v) is 2.52. The van der Waals surface area contributed by atoms with Crippen LogP contribution in [0.15, 0.2) is 22.7 Å². The van der Waals surface area contributed by atoms with Gasteiger partial charge in [0.2, 0.25) is 0 Å². The SMILES string of the molecule is CCCCCCCOc1ccc(CNC(C)C)cc1Br. The summed E-state index contributed by atoms with van der Waals surface area (Å²) in [6.45, 7) is 8.26. The van der Waals surface area contributed by atoms with Gasteiger partial charge in [-0.05, 0) is 40.0 Å². The summed E-state index contributed by atoms with van der Waals surface area (Å²) < 4.78 is 6.88. The predicted molar refractivity (Wildman–Crippen MR) is 90.4 cm³/mol. The summed E-state index contributed by atoms with van der Waals surface area (Å²) in [5.41, 5.74) is 1.28. The molecule has 1 aromatic carbocycles. The van der Waals surface area contributed by atoms with Gasteiger partial charge in [-0.2, -0.15) is 0 Å². The van der Waals surface area contributed by atoms with Gasteiger partial charge in [-0.25, -0.2) is 0 Å². The molecule has 1 aromatic rings. The number of benzene rings is 1. The molecule has 0 saturated carbocycles. The first-order valence-electron chi connectivity index (χ1n) is 7.78. The Bertz CT molecular complexity index is 379. The second-order valence-electron chi connectivity index (χ2n) is 5.56. The Kier molecular flexibility index (Phi) is 8.95. The molecule has 114 valence electrons. The van der Waals surface area contributed by atoms with Crippen LogP contribution in [0.1, 0.15) is 58.4 Å². The maximum absolute atomic E-state index is 5.83. The van der Waals surface area contributed by atoms with E-state index in [2.05, 4.69) is 60.2 Å². The van der Waals surface area contributed by atoms with Crippen molar-refractivity contribution in [2.24, 2.45) is 0 Å². The van der Waals surface area contributed by atoms with E-state index in [1.165, 1.54) is 31.2 Å². The van der Waals surface area contributed by atoms with Crippen LogP contribution in [-0.2, 0) is 6.54 Å². The van der Waals surface area contributed by atoms with Gasteiger partial charge in [0, 0.05) is 12.6 Å². The van der Waals surface area contributed by atoms with Crippen LogP contribution < -0.4 is 10.1 Å². The monoisotopic (exact) mass is 341 g/mol. The highest BCUT2D eigenvalue weighted by Gasteiger charge is 2.03.